The maximum Gasteiger partial charge on any atom is 0.312 e. The summed E-state index contributed by atoms with van der Waals surface area (Å²) < 4.78 is 26.9. The van der Waals surface area contributed by atoms with E-state index < -0.39 is 19.7 Å². The fourth-order valence-electron chi connectivity index (χ4n) is 1.07. The molecule has 88 valence electrons. The van der Waals surface area contributed by atoms with E-state index in [9.17, 15) is 18.5 Å². The molecule has 0 saturated heterocycles. The van der Waals surface area contributed by atoms with Crippen LogP contribution in [0.2, 0.25) is 0 Å². The maximum absolute atomic E-state index is 11.0. The van der Waals surface area contributed by atoms with Crippen molar-refractivity contribution in [2.24, 2.45) is 0 Å². The number of hydrogen-bond acceptors (Lipinski definition) is 5. The highest BCUT2D eigenvalue weighted by Gasteiger charge is 2.20. The van der Waals surface area contributed by atoms with E-state index in [0.29, 0.717) is 0 Å². The molecular weight excluding hydrogens is 258 g/mol. The Morgan fingerprint density at radius 1 is 1.50 bits per heavy atom. The van der Waals surface area contributed by atoms with E-state index in [4.69, 9.17) is 15.4 Å². The molecule has 1 aromatic rings. The Hall–Kier alpha value is -1.34. The smallest absolute Gasteiger partial charge is 0.312 e. The van der Waals surface area contributed by atoms with Gasteiger partial charge in [0.1, 0.15) is 0 Å². The standard InChI is InChI=1S/C8H8ClNO5S/c1-2-15-8-4-3-6(16(9,13)14)5-7(8)10(11)12/h3-5H,2H2,1H3. The Labute approximate surface area is 96.4 Å². The van der Waals surface area contributed by atoms with Crippen LogP contribution in [0.25, 0.3) is 0 Å². The molecule has 0 atom stereocenters. The molecule has 0 saturated carbocycles. The van der Waals surface area contributed by atoms with Crippen molar-refractivity contribution in [3.8, 4) is 5.75 Å². The molecule has 8 heteroatoms. The van der Waals surface area contributed by atoms with Crippen LogP contribution in [0.3, 0.4) is 0 Å². The number of nitro benzene ring substituents is 1. The van der Waals surface area contributed by atoms with E-state index in [0.717, 1.165) is 12.1 Å². The summed E-state index contributed by atoms with van der Waals surface area (Å²) in [5, 5.41) is 10.7. The number of ether oxygens (including phenoxy) is 1. The fraction of sp³-hybridized carbons (Fsp3) is 0.250. The van der Waals surface area contributed by atoms with Gasteiger partial charge in [0.2, 0.25) is 0 Å². The molecule has 0 unspecified atom stereocenters. The number of benzene rings is 1. The lowest BCUT2D eigenvalue weighted by Crippen LogP contribution is -1.99. The van der Waals surface area contributed by atoms with Gasteiger partial charge in [0.25, 0.3) is 9.05 Å². The van der Waals surface area contributed by atoms with Crippen molar-refractivity contribution in [2.45, 2.75) is 11.8 Å². The largest absolute Gasteiger partial charge is 0.487 e. The van der Waals surface area contributed by atoms with E-state index in [-0.39, 0.29) is 17.3 Å². The second kappa shape index (κ2) is 4.67. The molecule has 6 nitrogen and oxygen atoms in total. The quantitative estimate of drug-likeness (QED) is 0.471. The van der Waals surface area contributed by atoms with Crippen LogP contribution in [-0.4, -0.2) is 19.9 Å². The predicted molar refractivity (Wildman–Crippen MR) is 57.3 cm³/mol. The summed E-state index contributed by atoms with van der Waals surface area (Å²) in [6.07, 6.45) is 0. The molecule has 0 fully saturated rings. The Kier molecular flexibility index (Phi) is 3.71. The van der Waals surface area contributed by atoms with Gasteiger partial charge in [-0.3, -0.25) is 10.1 Å². The van der Waals surface area contributed by atoms with Crippen LogP contribution in [0.5, 0.6) is 5.75 Å². The molecule has 0 bridgehead atoms. The molecule has 0 radical (unpaired) electrons. The molecule has 0 aliphatic heterocycles. The van der Waals surface area contributed by atoms with Crippen LogP contribution in [0, 0.1) is 10.1 Å². The Morgan fingerprint density at radius 3 is 2.56 bits per heavy atom. The normalized spacial score (nSPS) is 11.1. The monoisotopic (exact) mass is 265 g/mol. The number of nitrogens with zero attached hydrogens (tertiary/aromatic N) is 1. The molecule has 0 aliphatic rings. The second-order valence-corrected chi connectivity index (χ2v) is 5.32. The van der Waals surface area contributed by atoms with Crippen molar-refractivity contribution < 1.29 is 18.1 Å². The number of hydrogen-bond donors (Lipinski definition) is 0. The highest BCUT2D eigenvalue weighted by molar-refractivity contribution is 8.13. The van der Waals surface area contributed by atoms with Crippen LogP contribution in [0.15, 0.2) is 23.1 Å². The lowest BCUT2D eigenvalue weighted by atomic mass is 10.3. The van der Waals surface area contributed by atoms with E-state index in [1.54, 1.807) is 6.92 Å². The first-order valence-electron chi connectivity index (χ1n) is 4.22. The second-order valence-electron chi connectivity index (χ2n) is 2.76. The van der Waals surface area contributed by atoms with Crippen LogP contribution in [0.1, 0.15) is 6.92 Å². The minimum Gasteiger partial charge on any atom is -0.487 e. The molecule has 16 heavy (non-hydrogen) atoms. The Bertz CT molecular complexity index is 513. The molecule has 0 N–H and O–H groups in total. The van der Waals surface area contributed by atoms with E-state index in [1.807, 2.05) is 0 Å². The Morgan fingerprint density at radius 2 is 2.12 bits per heavy atom. The van der Waals surface area contributed by atoms with E-state index in [1.165, 1.54) is 6.07 Å². The minimum atomic E-state index is -3.98. The minimum absolute atomic E-state index is 0.0107. The van der Waals surface area contributed by atoms with Crippen molar-refractivity contribution in [2.75, 3.05) is 6.61 Å². The van der Waals surface area contributed by atoms with E-state index in [2.05, 4.69) is 0 Å². The molecule has 1 rings (SSSR count). The molecule has 1 aromatic carbocycles. The van der Waals surface area contributed by atoms with Gasteiger partial charge in [-0.05, 0) is 19.1 Å². The van der Waals surface area contributed by atoms with E-state index >= 15 is 0 Å². The summed E-state index contributed by atoms with van der Waals surface area (Å²) in [4.78, 5) is 9.61. The summed E-state index contributed by atoms with van der Waals surface area (Å²) in [7, 11) is 1.10. The lowest BCUT2D eigenvalue weighted by molar-refractivity contribution is -0.386. The SMILES string of the molecule is CCOc1ccc(S(=O)(=O)Cl)cc1[N+](=O)[O-]. The van der Waals surface area contributed by atoms with Crippen LogP contribution >= 0.6 is 10.7 Å². The average molecular weight is 266 g/mol. The summed E-state index contributed by atoms with van der Waals surface area (Å²) in [5.41, 5.74) is -0.427. The van der Waals surface area contributed by atoms with Gasteiger partial charge in [-0.25, -0.2) is 8.42 Å². The molecular formula is C8H8ClNO5S. The lowest BCUT2D eigenvalue weighted by Gasteiger charge is -2.04. The zero-order valence-corrected chi connectivity index (χ0v) is 9.79. The Balaban J connectivity index is 3.34. The van der Waals surface area contributed by atoms with Gasteiger partial charge in [0, 0.05) is 16.7 Å². The molecule has 0 heterocycles. The van der Waals surface area contributed by atoms with Crippen molar-refractivity contribution in [1.82, 2.24) is 0 Å². The summed E-state index contributed by atoms with van der Waals surface area (Å²) in [6, 6.07) is 3.23. The zero-order valence-electron chi connectivity index (χ0n) is 8.21. The van der Waals surface area contributed by atoms with Gasteiger partial charge >= 0.3 is 5.69 Å². The van der Waals surface area contributed by atoms with Gasteiger partial charge in [-0.1, -0.05) is 0 Å². The van der Waals surface area contributed by atoms with Crippen LogP contribution in [-0.2, 0) is 9.05 Å². The molecule has 0 spiro atoms. The zero-order chi connectivity index (χ0) is 12.3. The predicted octanol–water partition coefficient (Wildman–Crippen LogP) is 1.92. The third-order valence-corrected chi connectivity index (χ3v) is 3.06. The molecule has 0 aliphatic carbocycles. The topological polar surface area (TPSA) is 86.5 Å². The number of nitro groups is 1. The van der Waals surface area contributed by atoms with Crippen molar-refractivity contribution in [3.05, 3.63) is 28.3 Å². The van der Waals surface area contributed by atoms with Gasteiger partial charge < -0.3 is 4.74 Å². The van der Waals surface area contributed by atoms with Gasteiger partial charge in [0.05, 0.1) is 16.4 Å². The fourth-order valence-corrected chi connectivity index (χ4v) is 1.84. The molecule has 0 aromatic heterocycles. The van der Waals surface area contributed by atoms with Gasteiger partial charge in [-0.15, -0.1) is 0 Å². The highest BCUT2D eigenvalue weighted by atomic mass is 35.7. The first kappa shape index (κ1) is 12.7. The number of rotatable bonds is 4. The molecule has 0 amide bonds. The van der Waals surface area contributed by atoms with Crippen molar-refractivity contribution in [3.63, 3.8) is 0 Å². The van der Waals surface area contributed by atoms with Crippen molar-refractivity contribution in [1.29, 1.82) is 0 Å². The van der Waals surface area contributed by atoms with Gasteiger partial charge in [-0.2, -0.15) is 0 Å². The first-order valence-corrected chi connectivity index (χ1v) is 6.53. The average Bonchev–Trinajstić information content (AvgIpc) is 2.16. The summed E-state index contributed by atoms with van der Waals surface area (Å²) >= 11 is 0. The summed E-state index contributed by atoms with van der Waals surface area (Å²) in [6.45, 7) is 1.91. The maximum atomic E-state index is 11.0. The third kappa shape index (κ3) is 2.83. The van der Waals surface area contributed by atoms with Gasteiger partial charge in [0.15, 0.2) is 5.75 Å². The highest BCUT2D eigenvalue weighted by Crippen LogP contribution is 2.30. The number of halogens is 1. The van der Waals surface area contributed by atoms with Crippen molar-refractivity contribution >= 4 is 25.4 Å². The van der Waals surface area contributed by atoms with Crippen LogP contribution in [0.4, 0.5) is 5.69 Å². The summed E-state index contributed by atoms with van der Waals surface area (Å²) in [5.74, 6) is 0.0107. The van der Waals surface area contributed by atoms with Crippen LogP contribution < -0.4 is 4.74 Å². The third-order valence-electron chi connectivity index (χ3n) is 1.71. The first-order chi connectivity index (χ1) is 7.36.